The molecule has 0 fully saturated rings. The van der Waals surface area contributed by atoms with Crippen LogP contribution in [0.15, 0.2) is 29.2 Å². The van der Waals surface area contributed by atoms with E-state index in [1.807, 2.05) is 6.07 Å². The van der Waals surface area contributed by atoms with E-state index in [0.29, 0.717) is 5.92 Å². The maximum absolute atomic E-state index is 11.4. The number of rotatable bonds is 9. The van der Waals surface area contributed by atoms with Gasteiger partial charge in [-0.2, -0.15) is 8.42 Å². The van der Waals surface area contributed by atoms with Crippen LogP contribution < -0.4 is 0 Å². The largest absolute Gasteiger partial charge is 0.294 e. The molecule has 0 aliphatic heterocycles. The lowest BCUT2D eigenvalue weighted by atomic mass is 9.91. The summed E-state index contributed by atoms with van der Waals surface area (Å²) in [6.07, 6.45) is 7.80. The SMILES string of the molecule is CCCCCCC(CC)Cc1ccccc1S(=O)(=O)O. The maximum atomic E-state index is 11.4. The highest BCUT2D eigenvalue weighted by molar-refractivity contribution is 7.85. The molecular weight excluding hydrogens is 272 g/mol. The fraction of sp³-hybridized carbons (Fsp3) is 0.625. The van der Waals surface area contributed by atoms with Crippen LogP contribution in [0.1, 0.15) is 57.9 Å². The number of hydrogen-bond donors (Lipinski definition) is 1. The van der Waals surface area contributed by atoms with Crippen LogP contribution in [0.2, 0.25) is 0 Å². The molecule has 20 heavy (non-hydrogen) atoms. The smallest absolute Gasteiger partial charge is 0.282 e. The second-order valence-corrected chi connectivity index (χ2v) is 6.80. The van der Waals surface area contributed by atoms with Gasteiger partial charge in [0.05, 0.1) is 4.90 Å². The highest BCUT2D eigenvalue weighted by Crippen LogP contribution is 2.23. The molecule has 0 saturated carbocycles. The third-order valence-electron chi connectivity index (χ3n) is 3.80. The van der Waals surface area contributed by atoms with Crippen LogP contribution in [0, 0.1) is 5.92 Å². The zero-order valence-corrected chi connectivity index (χ0v) is 13.3. The molecule has 3 nitrogen and oxygen atoms in total. The molecular formula is C16H26O3S. The normalized spacial score (nSPS) is 13.3. The van der Waals surface area contributed by atoms with Crippen LogP contribution in [-0.2, 0) is 16.5 Å². The van der Waals surface area contributed by atoms with E-state index < -0.39 is 10.1 Å². The summed E-state index contributed by atoms with van der Waals surface area (Å²) in [7, 11) is -4.12. The van der Waals surface area contributed by atoms with E-state index in [4.69, 9.17) is 0 Å². The Balaban J connectivity index is 2.70. The van der Waals surface area contributed by atoms with Crippen molar-refractivity contribution in [2.45, 2.75) is 63.7 Å². The Hall–Kier alpha value is -0.870. The van der Waals surface area contributed by atoms with E-state index in [1.54, 1.807) is 12.1 Å². The highest BCUT2D eigenvalue weighted by Gasteiger charge is 2.17. The maximum Gasteiger partial charge on any atom is 0.294 e. The first kappa shape index (κ1) is 17.2. The Morgan fingerprint density at radius 3 is 2.40 bits per heavy atom. The monoisotopic (exact) mass is 298 g/mol. The van der Waals surface area contributed by atoms with E-state index in [-0.39, 0.29) is 4.90 Å². The highest BCUT2D eigenvalue weighted by atomic mass is 32.2. The molecule has 1 N–H and O–H groups in total. The number of hydrogen-bond acceptors (Lipinski definition) is 2. The molecule has 1 aromatic rings. The topological polar surface area (TPSA) is 54.4 Å². The molecule has 0 amide bonds. The second-order valence-electron chi connectivity index (χ2n) is 5.41. The van der Waals surface area contributed by atoms with Crippen molar-refractivity contribution in [1.29, 1.82) is 0 Å². The van der Waals surface area contributed by atoms with E-state index in [0.717, 1.165) is 24.8 Å². The molecule has 114 valence electrons. The Morgan fingerprint density at radius 2 is 1.80 bits per heavy atom. The van der Waals surface area contributed by atoms with E-state index in [2.05, 4.69) is 13.8 Å². The molecule has 0 aliphatic rings. The van der Waals surface area contributed by atoms with Crippen LogP contribution in [0.25, 0.3) is 0 Å². The van der Waals surface area contributed by atoms with Crippen molar-refractivity contribution in [3.05, 3.63) is 29.8 Å². The minimum absolute atomic E-state index is 0.0620. The molecule has 0 bridgehead atoms. The van der Waals surface area contributed by atoms with Crippen LogP contribution >= 0.6 is 0 Å². The predicted octanol–water partition coefficient (Wildman–Crippen LogP) is 4.47. The minimum Gasteiger partial charge on any atom is -0.282 e. The standard InChI is InChI=1S/C16H26O3S/c1-3-5-6-7-10-14(4-2)13-15-11-8-9-12-16(15)20(17,18)19/h8-9,11-12,14H,3-7,10,13H2,1-2H3,(H,17,18,19). The van der Waals surface area contributed by atoms with Crippen molar-refractivity contribution in [3.8, 4) is 0 Å². The number of benzene rings is 1. The van der Waals surface area contributed by atoms with Gasteiger partial charge in [0.25, 0.3) is 10.1 Å². The summed E-state index contributed by atoms with van der Waals surface area (Å²) < 4.78 is 32.0. The molecule has 0 heterocycles. The zero-order chi connectivity index (χ0) is 15.0. The number of unbranched alkanes of at least 4 members (excludes halogenated alkanes) is 3. The van der Waals surface area contributed by atoms with Gasteiger partial charge in [-0.3, -0.25) is 4.55 Å². The van der Waals surface area contributed by atoms with Gasteiger partial charge in [0.15, 0.2) is 0 Å². The third-order valence-corrected chi connectivity index (χ3v) is 4.76. The first-order valence-corrected chi connectivity index (χ1v) is 8.98. The van der Waals surface area contributed by atoms with Crippen LogP contribution in [0.4, 0.5) is 0 Å². The Labute approximate surface area is 123 Å². The minimum atomic E-state index is -4.12. The fourth-order valence-corrected chi connectivity index (χ4v) is 3.28. The molecule has 4 heteroatoms. The predicted molar refractivity (Wildman–Crippen MR) is 82.5 cm³/mol. The molecule has 1 atom stereocenters. The van der Waals surface area contributed by atoms with Crippen molar-refractivity contribution >= 4 is 10.1 Å². The van der Waals surface area contributed by atoms with Crippen molar-refractivity contribution in [1.82, 2.24) is 0 Å². The van der Waals surface area contributed by atoms with E-state index >= 15 is 0 Å². The summed E-state index contributed by atoms with van der Waals surface area (Å²) in [6, 6.07) is 6.76. The molecule has 1 unspecified atom stereocenters. The van der Waals surface area contributed by atoms with Crippen molar-refractivity contribution in [3.63, 3.8) is 0 Å². The lowest BCUT2D eigenvalue weighted by Gasteiger charge is -2.16. The summed E-state index contributed by atoms with van der Waals surface area (Å²) in [6.45, 7) is 4.33. The molecule has 0 aromatic heterocycles. The Kier molecular flexibility index (Phi) is 7.24. The summed E-state index contributed by atoms with van der Waals surface area (Å²) in [5.74, 6) is 0.481. The third kappa shape index (κ3) is 5.63. The molecule has 1 rings (SSSR count). The van der Waals surface area contributed by atoms with Gasteiger partial charge in [0.1, 0.15) is 0 Å². The molecule has 0 radical (unpaired) electrons. The average molecular weight is 298 g/mol. The zero-order valence-electron chi connectivity index (χ0n) is 12.5. The van der Waals surface area contributed by atoms with Gasteiger partial charge >= 0.3 is 0 Å². The molecule has 1 aromatic carbocycles. The summed E-state index contributed by atoms with van der Waals surface area (Å²) in [4.78, 5) is 0.0620. The van der Waals surface area contributed by atoms with Gasteiger partial charge in [-0.05, 0) is 24.0 Å². The van der Waals surface area contributed by atoms with Crippen LogP contribution in [0.3, 0.4) is 0 Å². The lowest BCUT2D eigenvalue weighted by molar-refractivity contribution is 0.434. The lowest BCUT2D eigenvalue weighted by Crippen LogP contribution is -2.09. The van der Waals surface area contributed by atoms with Gasteiger partial charge in [-0.15, -0.1) is 0 Å². The Bertz CT molecular complexity index is 494. The van der Waals surface area contributed by atoms with Crippen LogP contribution in [-0.4, -0.2) is 13.0 Å². The summed E-state index contributed by atoms with van der Waals surface area (Å²) in [5.41, 5.74) is 0.734. The first-order valence-electron chi connectivity index (χ1n) is 7.54. The second kappa shape index (κ2) is 8.42. The Morgan fingerprint density at radius 1 is 1.10 bits per heavy atom. The van der Waals surface area contributed by atoms with Gasteiger partial charge < -0.3 is 0 Å². The molecule has 0 saturated heterocycles. The van der Waals surface area contributed by atoms with Crippen LogP contribution in [0.5, 0.6) is 0 Å². The summed E-state index contributed by atoms with van der Waals surface area (Å²) in [5, 5.41) is 0. The first-order chi connectivity index (χ1) is 9.49. The average Bonchev–Trinajstić information content (AvgIpc) is 2.41. The van der Waals surface area contributed by atoms with Gasteiger partial charge in [0, 0.05) is 0 Å². The molecule has 0 aliphatic carbocycles. The van der Waals surface area contributed by atoms with E-state index in [1.165, 1.54) is 31.7 Å². The quantitative estimate of drug-likeness (QED) is 0.540. The van der Waals surface area contributed by atoms with Crippen molar-refractivity contribution in [2.24, 2.45) is 5.92 Å². The summed E-state index contributed by atoms with van der Waals surface area (Å²) >= 11 is 0. The van der Waals surface area contributed by atoms with Gasteiger partial charge in [-0.25, -0.2) is 0 Å². The fourth-order valence-electron chi connectivity index (χ4n) is 2.55. The van der Waals surface area contributed by atoms with E-state index in [9.17, 15) is 13.0 Å². The van der Waals surface area contributed by atoms with Crippen molar-refractivity contribution in [2.75, 3.05) is 0 Å². The molecule has 0 spiro atoms. The van der Waals surface area contributed by atoms with Gasteiger partial charge in [0.2, 0.25) is 0 Å². The van der Waals surface area contributed by atoms with Gasteiger partial charge in [-0.1, -0.05) is 70.6 Å². The van der Waals surface area contributed by atoms with Crippen molar-refractivity contribution < 1.29 is 13.0 Å².